The molecule has 0 N–H and O–H groups in total. The minimum atomic E-state index is 0.642. The highest BCUT2D eigenvalue weighted by Crippen LogP contribution is 2.23. The van der Waals surface area contributed by atoms with Crippen LogP contribution in [0.15, 0.2) is 12.4 Å². The van der Waals surface area contributed by atoms with Gasteiger partial charge in [0.05, 0.1) is 0 Å². The molecular formula is C29H58N2. The van der Waals surface area contributed by atoms with Crippen molar-refractivity contribution in [3.8, 4) is 0 Å². The van der Waals surface area contributed by atoms with Gasteiger partial charge in [-0.15, -0.1) is 0 Å². The molecule has 0 radical (unpaired) electrons. The second-order valence-electron chi connectivity index (χ2n) is 10.1. The maximum Gasteiger partial charge on any atom is 0.101 e. The highest BCUT2D eigenvalue weighted by atomic mass is 15.4. The lowest BCUT2D eigenvalue weighted by Gasteiger charge is -2.33. The average Bonchev–Trinajstić information content (AvgIpc) is 3.17. The summed E-state index contributed by atoms with van der Waals surface area (Å²) in [5.74, 6) is 0. The van der Waals surface area contributed by atoms with Crippen molar-refractivity contribution in [2.75, 3.05) is 13.1 Å². The van der Waals surface area contributed by atoms with Crippen molar-refractivity contribution in [1.29, 1.82) is 0 Å². The molecule has 1 aliphatic heterocycles. The average molecular weight is 435 g/mol. The van der Waals surface area contributed by atoms with Crippen molar-refractivity contribution >= 4 is 0 Å². The number of hydrogen-bond acceptors (Lipinski definition) is 2. The zero-order valence-corrected chi connectivity index (χ0v) is 21.9. The third-order valence-electron chi connectivity index (χ3n) is 7.07. The van der Waals surface area contributed by atoms with Gasteiger partial charge in [0.2, 0.25) is 0 Å². The molecule has 0 spiro atoms. The number of hydrogen-bond donors (Lipinski definition) is 0. The first-order valence-corrected chi connectivity index (χ1v) is 14.5. The van der Waals surface area contributed by atoms with E-state index in [0.717, 1.165) is 0 Å². The van der Waals surface area contributed by atoms with E-state index in [9.17, 15) is 0 Å². The molecule has 0 aromatic carbocycles. The largest absolute Gasteiger partial charge is 0.356 e. The Morgan fingerprint density at radius 3 is 1.13 bits per heavy atom. The van der Waals surface area contributed by atoms with Crippen molar-refractivity contribution in [2.24, 2.45) is 0 Å². The summed E-state index contributed by atoms with van der Waals surface area (Å²) in [5.41, 5.74) is 0. The zero-order chi connectivity index (χ0) is 22.4. The maximum absolute atomic E-state index is 2.65. The molecule has 0 saturated carbocycles. The predicted molar refractivity (Wildman–Crippen MR) is 140 cm³/mol. The molecule has 0 aromatic rings. The lowest BCUT2D eigenvalue weighted by atomic mass is 10.0. The Labute approximate surface area is 197 Å². The molecule has 0 bridgehead atoms. The van der Waals surface area contributed by atoms with E-state index in [-0.39, 0.29) is 0 Å². The van der Waals surface area contributed by atoms with Crippen LogP contribution in [-0.4, -0.2) is 29.1 Å². The van der Waals surface area contributed by atoms with Gasteiger partial charge in [-0.25, -0.2) is 0 Å². The van der Waals surface area contributed by atoms with Crippen LogP contribution in [0.4, 0.5) is 0 Å². The highest BCUT2D eigenvalue weighted by molar-refractivity contribution is 4.96. The third-order valence-corrected chi connectivity index (χ3v) is 7.07. The maximum atomic E-state index is 2.65. The van der Waals surface area contributed by atoms with Gasteiger partial charge >= 0.3 is 0 Å². The normalized spacial score (nSPS) is 16.0. The van der Waals surface area contributed by atoms with Crippen molar-refractivity contribution in [3.63, 3.8) is 0 Å². The van der Waals surface area contributed by atoms with Crippen molar-refractivity contribution < 1.29 is 0 Å². The lowest BCUT2D eigenvalue weighted by molar-refractivity contribution is 0.136. The quantitative estimate of drug-likeness (QED) is 0.148. The van der Waals surface area contributed by atoms with E-state index in [4.69, 9.17) is 0 Å². The minimum absolute atomic E-state index is 0.642. The Kier molecular flexibility index (Phi) is 19.4. The summed E-state index contributed by atoms with van der Waals surface area (Å²) < 4.78 is 0. The van der Waals surface area contributed by atoms with Crippen LogP contribution in [0.5, 0.6) is 0 Å². The van der Waals surface area contributed by atoms with Gasteiger partial charge in [0.1, 0.15) is 6.17 Å². The molecular weight excluding hydrogens is 376 g/mol. The molecule has 0 saturated heterocycles. The molecule has 1 rings (SSSR count). The fraction of sp³-hybridized carbons (Fsp3) is 0.931. The molecule has 0 aliphatic carbocycles. The van der Waals surface area contributed by atoms with Gasteiger partial charge < -0.3 is 9.80 Å². The Morgan fingerprint density at radius 1 is 0.419 bits per heavy atom. The van der Waals surface area contributed by atoms with Gasteiger partial charge in [0.25, 0.3) is 0 Å². The minimum Gasteiger partial charge on any atom is -0.356 e. The summed E-state index contributed by atoms with van der Waals surface area (Å²) in [6.07, 6.45) is 35.1. The number of rotatable bonds is 23. The summed E-state index contributed by atoms with van der Waals surface area (Å²) in [7, 11) is 0. The summed E-state index contributed by atoms with van der Waals surface area (Å²) in [4.78, 5) is 5.28. The van der Waals surface area contributed by atoms with E-state index >= 15 is 0 Å². The Bertz CT molecular complexity index is 392. The first-order valence-electron chi connectivity index (χ1n) is 14.5. The molecule has 31 heavy (non-hydrogen) atoms. The molecule has 0 fully saturated rings. The van der Waals surface area contributed by atoms with Crippen molar-refractivity contribution in [2.45, 2.75) is 162 Å². The molecule has 1 atom stereocenters. The van der Waals surface area contributed by atoms with Crippen LogP contribution in [0.1, 0.15) is 156 Å². The van der Waals surface area contributed by atoms with Crippen molar-refractivity contribution in [1.82, 2.24) is 9.80 Å². The first-order chi connectivity index (χ1) is 15.3. The van der Waals surface area contributed by atoms with Crippen LogP contribution in [-0.2, 0) is 0 Å². The second-order valence-corrected chi connectivity index (χ2v) is 10.1. The number of unbranched alkanes of at least 4 members (excludes halogenated alkanes) is 17. The van der Waals surface area contributed by atoms with Gasteiger partial charge in [-0.3, -0.25) is 0 Å². The van der Waals surface area contributed by atoms with E-state index in [1.165, 1.54) is 148 Å². The Morgan fingerprint density at radius 2 is 0.742 bits per heavy atom. The van der Waals surface area contributed by atoms with Crippen molar-refractivity contribution in [3.05, 3.63) is 12.4 Å². The van der Waals surface area contributed by atoms with Gasteiger partial charge in [-0.1, -0.05) is 130 Å². The first kappa shape index (κ1) is 28.4. The Balaban J connectivity index is 2.01. The fourth-order valence-electron chi connectivity index (χ4n) is 4.94. The molecule has 184 valence electrons. The van der Waals surface area contributed by atoms with Crippen LogP contribution in [0.3, 0.4) is 0 Å². The predicted octanol–water partition coefficient (Wildman–Crippen LogP) is 9.65. The van der Waals surface area contributed by atoms with E-state index < -0.39 is 0 Å². The smallest absolute Gasteiger partial charge is 0.101 e. The van der Waals surface area contributed by atoms with Gasteiger partial charge in [0.15, 0.2) is 0 Å². The molecule has 2 nitrogen and oxygen atoms in total. The summed E-state index contributed by atoms with van der Waals surface area (Å²) >= 11 is 0. The van der Waals surface area contributed by atoms with Crippen LogP contribution in [0.2, 0.25) is 0 Å². The molecule has 1 aliphatic rings. The molecule has 0 amide bonds. The van der Waals surface area contributed by atoms with Crippen LogP contribution in [0, 0.1) is 0 Å². The summed E-state index contributed by atoms with van der Waals surface area (Å²) in [5, 5.41) is 0. The van der Waals surface area contributed by atoms with E-state index in [1.54, 1.807) is 0 Å². The summed E-state index contributed by atoms with van der Waals surface area (Å²) in [6.45, 7) is 9.44. The fourth-order valence-corrected chi connectivity index (χ4v) is 4.94. The van der Waals surface area contributed by atoms with Crippen LogP contribution in [0.25, 0.3) is 0 Å². The Hall–Kier alpha value is -0.660. The SMILES string of the molecule is CCCCCCCCCCCCCCCCN1C=CN(CCCCCC)C1CCCC. The van der Waals surface area contributed by atoms with E-state index in [1.807, 2.05) is 0 Å². The third kappa shape index (κ3) is 14.9. The van der Waals surface area contributed by atoms with Gasteiger partial charge in [-0.2, -0.15) is 0 Å². The van der Waals surface area contributed by atoms with Crippen LogP contribution < -0.4 is 0 Å². The number of nitrogens with zero attached hydrogens (tertiary/aromatic N) is 2. The van der Waals surface area contributed by atoms with E-state index in [2.05, 4.69) is 43.0 Å². The van der Waals surface area contributed by atoms with Gasteiger partial charge in [0, 0.05) is 25.5 Å². The monoisotopic (exact) mass is 434 g/mol. The zero-order valence-electron chi connectivity index (χ0n) is 21.9. The topological polar surface area (TPSA) is 6.48 Å². The van der Waals surface area contributed by atoms with Gasteiger partial charge in [-0.05, 0) is 25.7 Å². The molecule has 2 heteroatoms. The standard InChI is InChI=1S/C29H58N2/c1-4-7-10-12-13-14-15-16-17-18-19-20-21-23-26-31-28-27-30(25-22-11-8-5-2)29(31)24-9-6-3/h27-29H,4-26H2,1-3H3. The molecule has 1 unspecified atom stereocenters. The summed E-state index contributed by atoms with van der Waals surface area (Å²) in [6, 6.07) is 0. The lowest BCUT2D eigenvalue weighted by Crippen LogP contribution is -2.39. The van der Waals surface area contributed by atoms with E-state index in [0.29, 0.717) is 6.17 Å². The molecule has 1 heterocycles. The highest BCUT2D eigenvalue weighted by Gasteiger charge is 2.24. The molecule has 0 aromatic heterocycles. The second kappa shape index (κ2) is 21.2. The van der Waals surface area contributed by atoms with Crippen LogP contribution >= 0.6 is 0 Å².